The van der Waals surface area contributed by atoms with Crippen molar-refractivity contribution in [3.05, 3.63) is 48.3 Å². The molecule has 130 valence electrons. The molecular formula is C17H23FIN5. The van der Waals surface area contributed by atoms with Gasteiger partial charge in [-0.25, -0.2) is 14.4 Å². The van der Waals surface area contributed by atoms with Gasteiger partial charge in [-0.3, -0.25) is 0 Å². The molecule has 0 amide bonds. The maximum atomic E-state index is 14.2. The Labute approximate surface area is 158 Å². The lowest BCUT2D eigenvalue weighted by Crippen LogP contribution is -2.38. The van der Waals surface area contributed by atoms with E-state index in [0.29, 0.717) is 12.2 Å². The molecule has 0 unspecified atom stereocenters. The number of halogens is 2. The number of rotatable bonds is 6. The topological polar surface area (TPSA) is 54.2 Å². The summed E-state index contributed by atoms with van der Waals surface area (Å²) < 4.78 is 15.9. The van der Waals surface area contributed by atoms with Crippen LogP contribution in [0.2, 0.25) is 0 Å². The molecule has 1 saturated carbocycles. The number of guanidine groups is 1. The van der Waals surface area contributed by atoms with Crippen LogP contribution in [0.3, 0.4) is 0 Å². The molecule has 0 saturated heterocycles. The number of nitrogens with one attached hydrogen (secondary N) is 2. The summed E-state index contributed by atoms with van der Waals surface area (Å²) in [6, 6.07) is 5.18. The number of nitrogens with zero attached hydrogens (tertiary/aromatic N) is 3. The molecule has 0 spiro atoms. The standard InChI is InChI=1S/C17H22FN5.HI/c1-2-20-17(21-10-13-3-4-13)22-11-14-5-6-16(15(18)9-14)23-8-7-19-12-23;/h5-9,12-13H,2-4,10-11H2,1H3,(H2,20,21,22);1H. The van der Waals surface area contributed by atoms with Gasteiger partial charge >= 0.3 is 0 Å². The largest absolute Gasteiger partial charge is 0.357 e. The highest BCUT2D eigenvalue weighted by atomic mass is 127. The minimum absolute atomic E-state index is 0. The van der Waals surface area contributed by atoms with E-state index in [-0.39, 0.29) is 29.8 Å². The molecule has 3 rings (SSSR count). The number of hydrogen-bond acceptors (Lipinski definition) is 2. The fourth-order valence-corrected chi connectivity index (χ4v) is 2.33. The zero-order valence-corrected chi connectivity index (χ0v) is 16.0. The monoisotopic (exact) mass is 443 g/mol. The van der Waals surface area contributed by atoms with Gasteiger partial charge in [-0.1, -0.05) is 6.07 Å². The lowest BCUT2D eigenvalue weighted by atomic mass is 10.2. The highest BCUT2D eigenvalue weighted by Gasteiger charge is 2.21. The molecule has 0 radical (unpaired) electrons. The first-order valence-electron chi connectivity index (χ1n) is 8.05. The van der Waals surface area contributed by atoms with Crippen molar-refractivity contribution in [1.82, 2.24) is 20.2 Å². The van der Waals surface area contributed by atoms with Crippen LogP contribution in [0.25, 0.3) is 5.69 Å². The number of imidazole rings is 1. The van der Waals surface area contributed by atoms with Crippen molar-refractivity contribution in [2.24, 2.45) is 10.9 Å². The molecule has 1 aliphatic carbocycles. The highest BCUT2D eigenvalue weighted by Crippen LogP contribution is 2.27. The zero-order chi connectivity index (χ0) is 16.1. The van der Waals surface area contributed by atoms with E-state index in [1.807, 2.05) is 13.0 Å². The molecule has 1 fully saturated rings. The lowest BCUT2D eigenvalue weighted by molar-refractivity contribution is 0.615. The minimum Gasteiger partial charge on any atom is -0.357 e. The molecule has 5 nitrogen and oxygen atoms in total. The molecular weight excluding hydrogens is 420 g/mol. The fourth-order valence-electron chi connectivity index (χ4n) is 2.33. The van der Waals surface area contributed by atoms with Gasteiger partial charge in [0.15, 0.2) is 5.96 Å². The Kier molecular flexibility index (Phi) is 7.01. The molecule has 1 aromatic carbocycles. The Morgan fingerprint density at radius 3 is 2.83 bits per heavy atom. The third-order valence-electron chi connectivity index (χ3n) is 3.81. The first kappa shape index (κ1) is 18.7. The van der Waals surface area contributed by atoms with Crippen LogP contribution >= 0.6 is 24.0 Å². The van der Waals surface area contributed by atoms with Crippen molar-refractivity contribution in [2.45, 2.75) is 26.3 Å². The maximum absolute atomic E-state index is 14.2. The van der Waals surface area contributed by atoms with Crippen LogP contribution in [-0.2, 0) is 6.54 Å². The maximum Gasteiger partial charge on any atom is 0.191 e. The average molecular weight is 443 g/mol. The number of aliphatic imine (C=N–C) groups is 1. The van der Waals surface area contributed by atoms with Crippen molar-refractivity contribution in [2.75, 3.05) is 13.1 Å². The smallest absolute Gasteiger partial charge is 0.191 e. The van der Waals surface area contributed by atoms with Crippen molar-refractivity contribution in [3.8, 4) is 5.69 Å². The van der Waals surface area contributed by atoms with Gasteiger partial charge in [-0.05, 0) is 43.4 Å². The quantitative estimate of drug-likeness (QED) is 0.410. The van der Waals surface area contributed by atoms with Crippen LogP contribution in [0.15, 0.2) is 41.9 Å². The summed E-state index contributed by atoms with van der Waals surface area (Å²) in [5, 5.41) is 6.55. The summed E-state index contributed by atoms with van der Waals surface area (Å²) in [5.74, 6) is 1.30. The van der Waals surface area contributed by atoms with Crippen LogP contribution in [0, 0.1) is 11.7 Å². The Morgan fingerprint density at radius 2 is 2.21 bits per heavy atom. The van der Waals surface area contributed by atoms with Crippen LogP contribution < -0.4 is 10.6 Å². The molecule has 1 aliphatic rings. The highest BCUT2D eigenvalue weighted by molar-refractivity contribution is 14.0. The molecule has 1 aromatic heterocycles. The first-order valence-corrected chi connectivity index (χ1v) is 8.05. The Hall–Kier alpha value is -1.64. The van der Waals surface area contributed by atoms with Crippen LogP contribution in [0.4, 0.5) is 4.39 Å². The van der Waals surface area contributed by atoms with Gasteiger partial charge in [-0.2, -0.15) is 0 Å². The molecule has 24 heavy (non-hydrogen) atoms. The summed E-state index contributed by atoms with van der Waals surface area (Å²) in [7, 11) is 0. The van der Waals surface area contributed by atoms with Gasteiger partial charge in [0, 0.05) is 25.5 Å². The molecule has 7 heteroatoms. The van der Waals surface area contributed by atoms with Crippen LogP contribution in [0.1, 0.15) is 25.3 Å². The summed E-state index contributed by atoms with van der Waals surface area (Å²) in [4.78, 5) is 8.47. The van der Waals surface area contributed by atoms with E-state index >= 15 is 0 Å². The molecule has 2 N–H and O–H groups in total. The number of aromatic nitrogens is 2. The SMILES string of the molecule is CCNC(=NCc1ccc(-n2ccnc2)c(F)c1)NCC1CC1.I. The van der Waals surface area contributed by atoms with Gasteiger partial charge in [0.2, 0.25) is 0 Å². The Balaban J connectivity index is 0.00000208. The number of hydrogen-bond donors (Lipinski definition) is 2. The molecule has 0 aliphatic heterocycles. The molecule has 2 aromatic rings. The van der Waals surface area contributed by atoms with E-state index in [0.717, 1.165) is 30.5 Å². The van der Waals surface area contributed by atoms with Gasteiger partial charge in [0.25, 0.3) is 0 Å². The third kappa shape index (κ3) is 5.19. The van der Waals surface area contributed by atoms with E-state index in [9.17, 15) is 4.39 Å². The number of benzene rings is 1. The summed E-state index contributed by atoms with van der Waals surface area (Å²) >= 11 is 0. The van der Waals surface area contributed by atoms with Crippen molar-refractivity contribution in [3.63, 3.8) is 0 Å². The molecule has 0 atom stereocenters. The Morgan fingerprint density at radius 1 is 1.38 bits per heavy atom. The summed E-state index contributed by atoms with van der Waals surface area (Å²) in [6.45, 7) is 4.25. The van der Waals surface area contributed by atoms with Gasteiger partial charge in [0.1, 0.15) is 5.82 Å². The van der Waals surface area contributed by atoms with E-state index in [2.05, 4.69) is 20.6 Å². The Bertz CT molecular complexity index is 668. The van der Waals surface area contributed by atoms with Crippen molar-refractivity contribution in [1.29, 1.82) is 0 Å². The van der Waals surface area contributed by atoms with E-state index < -0.39 is 0 Å². The predicted octanol–water partition coefficient (Wildman–Crippen LogP) is 3.09. The van der Waals surface area contributed by atoms with Crippen LogP contribution in [0.5, 0.6) is 0 Å². The van der Waals surface area contributed by atoms with Crippen molar-refractivity contribution < 1.29 is 4.39 Å². The second kappa shape index (κ2) is 9.00. The van der Waals surface area contributed by atoms with Gasteiger partial charge in [0.05, 0.1) is 18.6 Å². The van der Waals surface area contributed by atoms with E-state index in [1.165, 1.54) is 18.9 Å². The van der Waals surface area contributed by atoms with Gasteiger partial charge in [-0.15, -0.1) is 24.0 Å². The zero-order valence-electron chi connectivity index (χ0n) is 13.7. The second-order valence-electron chi connectivity index (χ2n) is 5.78. The molecule has 0 bridgehead atoms. The van der Waals surface area contributed by atoms with Crippen molar-refractivity contribution >= 4 is 29.9 Å². The normalized spacial score (nSPS) is 14.2. The predicted molar refractivity (Wildman–Crippen MR) is 104 cm³/mol. The lowest BCUT2D eigenvalue weighted by Gasteiger charge is -2.11. The second-order valence-corrected chi connectivity index (χ2v) is 5.78. The fraction of sp³-hybridized carbons (Fsp3) is 0.412. The summed E-state index contributed by atoms with van der Waals surface area (Å²) in [6.07, 6.45) is 7.54. The minimum atomic E-state index is -0.272. The van der Waals surface area contributed by atoms with Gasteiger partial charge < -0.3 is 15.2 Å². The van der Waals surface area contributed by atoms with E-state index in [1.54, 1.807) is 29.4 Å². The molecule has 1 heterocycles. The third-order valence-corrected chi connectivity index (χ3v) is 3.81. The van der Waals surface area contributed by atoms with Crippen LogP contribution in [-0.4, -0.2) is 28.6 Å². The average Bonchev–Trinajstić information content (AvgIpc) is 3.22. The summed E-state index contributed by atoms with van der Waals surface area (Å²) in [5.41, 5.74) is 1.34. The first-order chi connectivity index (χ1) is 11.3. The van der Waals surface area contributed by atoms with E-state index in [4.69, 9.17) is 0 Å².